The molecule has 1 amide bonds. The molecule has 7 heteroatoms. The summed E-state index contributed by atoms with van der Waals surface area (Å²) in [6, 6.07) is 8.51. The zero-order valence-electron chi connectivity index (χ0n) is 13.9. The fraction of sp³-hybridized carbons (Fsp3) is 0.278. The van der Waals surface area contributed by atoms with Gasteiger partial charge < -0.3 is 10.2 Å². The van der Waals surface area contributed by atoms with Gasteiger partial charge in [-0.3, -0.25) is 4.79 Å². The Balaban J connectivity index is 1.75. The second kappa shape index (κ2) is 5.94. The maximum absolute atomic E-state index is 12.8. The van der Waals surface area contributed by atoms with Crippen molar-refractivity contribution in [2.24, 2.45) is 0 Å². The molecule has 0 unspecified atom stereocenters. The van der Waals surface area contributed by atoms with Crippen LogP contribution >= 0.6 is 0 Å². The maximum atomic E-state index is 12.8. The Morgan fingerprint density at radius 1 is 1.24 bits per heavy atom. The van der Waals surface area contributed by atoms with Crippen LogP contribution in [0, 0.1) is 0 Å². The van der Waals surface area contributed by atoms with Gasteiger partial charge in [0.05, 0.1) is 10.6 Å². The average Bonchev–Trinajstić information content (AvgIpc) is 2.88. The molecule has 2 aliphatic heterocycles. The molecule has 0 bridgehead atoms. The second-order valence-electron chi connectivity index (χ2n) is 6.32. The predicted octanol–water partition coefficient (Wildman–Crippen LogP) is 1.63. The van der Waals surface area contributed by atoms with Crippen LogP contribution in [-0.4, -0.2) is 41.0 Å². The first-order valence-corrected chi connectivity index (χ1v) is 9.69. The van der Waals surface area contributed by atoms with Crippen molar-refractivity contribution < 1.29 is 13.2 Å². The number of sulfonamides is 1. The molecule has 0 aliphatic carbocycles. The van der Waals surface area contributed by atoms with Crippen LogP contribution in [0.1, 0.15) is 16.8 Å². The number of amides is 1. The van der Waals surface area contributed by atoms with Crippen molar-refractivity contribution in [1.82, 2.24) is 10.0 Å². The lowest BCUT2D eigenvalue weighted by molar-refractivity contribution is 0.0999. The van der Waals surface area contributed by atoms with Crippen molar-refractivity contribution in [3.05, 3.63) is 47.5 Å². The molecule has 0 radical (unpaired) electrons. The molecule has 0 fully saturated rings. The standard InChI is InChI=1S/C18H19N3O3S/c1-21-15-5-6-16(13-3-2-4-14(17(13)15)18(21)22)25(23,24)20-11-12-7-9-19-10-8-12/h2-7,19-20H,8-11H2,1H3. The van der Waals surface area contributed by atoms with E-state index in [1.807, 2.05) is 6.08 Å². The average molecular weight is 357 g/mol. The highest BCUT2D eigenvalue weighted by Crippen LogP contribution is 2.39. The van der Waals surface area contributed by atoms with E-state index in [0.717, 1.165) is 30.8 Å². The van der Waals surface area contributed by atoms with Crippen LogP contribution in [0.3, 0.4) is 0 Å². The van der Waals surface area contributed by atoms with Gasteiger partial charge in [-0.05, 0) is 31.2 Å². The molecule has 0 saturated carbocycles. The van der Waals surface area contributed by atoms with Crippen molar-refractivity contribution in [2.45, 2.75) is 11.3 Å². The van der Waals surface area contributed by atoms with Crippen LogP contribution in [0.5, 0.6) is 0 Å². The molecule has 2 N–H and O–H groups in total. The number of benzene rings is 2. The van der Waals surface area contributed by atoms with Crippen LogP contribution in [0.15, 0.2) is 46.9 Å². The SMILES string of the molecule is CN1C(=O)c2cccc3c(S(=O)(=O)NCC4=CCNCC4)ccc1c23. The minimum Gasteiger partial charge on any atom is -0.313 e. The first kappa shape index (κ1) is 16.3. The molecule has 0 spiro atoms. The number of hydrogen-bond donors (Lipinski definition) is 2. The van der Waals surface area contributed by atoms with Gasteiger partial charge in [-0.15, -0.1) is 0 Å². The van der Waals surface area contributed by atoms with Gasteiger partial charge in [-0.2, -0.15) is 0 Å². The summed E-state index contributed by atoms with van der Waals surface area (Å²) in [6.07, 6.45) is 2.86. The summed E-state index contributed by atoms with van der Waals surface area (Å²) < 4.78 is 28.4. The Hall–Kier alpha value is -2.22. The second-order valence-corrected chi connectivity index (χ2v) is 8.05. The molecule has 25 heavy (non-hydrogen) atoms. The van der Waals surface area contributed by atoms with E-state index in [4.69, 9.17) is 0 Å². The monoisotopic (exact) mass is 357 g/mol. The highest BCUT2D eigenvalue weighted by atomic mass is 32.2. The molecule has 0 atom stereocenters. The van der Waals surface area contributed by atoms with Gasteiger partial charge in [-0.25, -0.2) is 13.1 Å². The molecule has 4 rings (SSSR count). The number of carbonyl (C=O) groups is 1. The molecule has 2 aromatic rings. The van der Waals surface area contributed by atoms with E-state index in [-0.39, 0.29) is 10.8 Å². The molecule has 2 aromatic carbocycles. The summed E-state index contributed by atoms with van der Waals surface area (Å²) in [6.45, 7) is 1.95. The zero-order chi connectivity index (χ0) is 17.6. The zero-order valence-corrected chi connectivity index (χ0v) is 14.7. The van der Waals surface area contributed by atoms with E-state index in [1.54, 1.807) is 42.3 Å². The fourth-order valence-corrected chi connectivity index (χ4v) is 4.68. The highest BCUT2D eigenvalue weighted by molar-refractivity contribution is 7.89. The molecular weight excluding hydrogens is 338 g/mol. The molecule has 130 valence electrons. The number of anilines is 1. The first-order valence-electron chi connectivity index (χ1n) is 8.21. The molecule has 2 aliphatic rings. The van der Waals surface area contributed by atoms with E-state index < -0.39 is 10.0 Å². The molecule has 2 heterocycles. The van der Waals surface area contributed by atoms with Gasteiger partial charge >= 0.3 is 0 Å². The van der Waals surface area contributed by atoms with Crippen LogP contribution in [-0.2, 0) is 10.0 Å². The maximum Gasteiger partial charge on any atom is 0.258 e. The Morgan fingerprint density at radius 3 is 2.84 bits per heavy atom. The van der Waals surface area contributed by atoms with Crippen LogP contribution in [0.25, 0.3) is 10.8 Å². The normalized spacial score (nSPS) is 17.2. The number of nitrogens with zero attached hydrogens (tertiary/aromatic N) is 1. The highest BCUT2D eigenvalue weighted by Gasteiger charge is 2.29. The van der Waals surface area contributed by atoms with Crippen molar-refractivity contribution in [3.8, 4) is 0 Å². The van der Waals surface area contributed by atoms with Gasteiger partial charge in [0, 0.05) is 36.5 Å². The van der Waals surface area contributed by atoms with E-state index >= 15 is 0 Å². The van der Waals surface area contributed by atoms with Gasteiger partial charge in [0.2, 0.25) is 10.0 Å². The summed E-state index contributed by atoms with van der Waals surface area (Å²) in [5.41, 5.74) is 2.38. The molecule has 0 saturated heterocycles. The Kier molecular flexibility index (Phi) is 3.87. The third-order valence-electron chi connectivity index (χ3n) is 4.81. The van der Waals surface area contributed by atoms with Crippen LogP contribution < -0.4 is 14.9 Å². The van der Waals surface area contributed by atoms with Crippen molar-refractivity contribution in [1.29, 1.82) is 0 Å². The largest absolute Gasteiger partial charge is 0.313 e. The molecular formula is C18H19N3O3S. The minimum atomic E-state index is -3.67. The Bertz CT molecular complexity index is 1010. The predicted molar refractivity (Wildman–Crippen MR) is 97.4 cm³/mol. The summed E-state index contributed by atoms with van der Waals surface area (Å²) >= 11 is 0. The lowest BCUT2D eigenvalue weighted by Crippen LogP contribution is -2.29. The number of nitrogens with one attached hydrogen (secondary N) is 2. The summed E-state index contributed by atoms with van der Waals surface area (Å²) in [5, 5.41) is 4.50. The Morgan fingerprint density at radius 2 is 2.08 bits per heavy atom. The summed E-state index contributed by atoms with van der Waals surface area (Å²) in [5.74, 6) is -0.108. The Labute approximate surface area is 146 Å². The fourth-order valence-electron chi connectivity index (χ4n) is 3.44. The van der Waals surface area contributed by atoms with Crippen molar-refractivity contribution in [3.63, 3.8) is 0 Å². The van der Waals surface area contributed by atoms with Crippen LogP contribution in [0.2, 0.25) is 0 Å². The van der Waals surface area contributed by atoms with E-state index in [2.05, 4.69) is 10.0 Å². The van der Waals surface area contributed by atoms with Gasteiger partial charge in [-0.1, -0.05) is 23.8 Å². The first-order chi connectivity index (χ1) is 12.0. The van der Waals surface area contributed by atoms with Crippen molar-refractivity contribution >= 4 is 32.4 Å². The number of rotatable bonds is 4. The van der Waals surface area contributed by atoms with Gasteiger partial charge in [0.15, 0.2) is 0 Å². The lowest BCUT2D eigenvalue weighted by atomic mass is 10.1. The van der Waals surface area contributed by atoms with E-state index in [1.165, 1.54) is 0 Å². The van der Waals surface area contributed by atoms with E-state index in [9.17, 15) is 13.2 Å². The quantitative estimate of drug-likeness (QED) is 0.815. The summed E-state index contributed by atoms with van der Waals surface area (Å²) in [4.78, 5) is 14.1. The van der Waals surface area contributed by atoms with Gasteiger partial charge in [0.1, 0.15) is 0 Å². The number of carbonyl (C=O) groups excluding carboxylic acids is 1. The summed E-state index contributed by atoms with van der Waals surface area (Å²) in [7, 11) is -1.97. The minimum absolute atomic E-state index is 0.108. The topological polar surface area (TPSA) is 78.5 Å². The third-order valence-corrected chi connectivity index (χ3v) is 6.27. The van der Waals surface area contributed by atoms with Gasteiger partial charge in [0.25, 0.3) is 5.91 Å². The third kappa shape index (κ3) is 2.64. The van der Waals surface area contributed by atoms with Crippen molar-refractivity contribution in [2.75, 3.05) is 31.6 Å². The molecule has 0 aromatic heterocycles. The number of hydrogen-bond acceptors (Lipinski definition) is 4. The molecule has 6 nitrogen and oxygen atoms in total. The lowest BCUT2D eigenvalue weighted by Gasteiger charge is -2.16. The van der Waals surface area contributed by atoms with Crippen LogP contribution in [0.4, 0.5) is 5.69 Å². The van der Waals surface area contributed by atoms with E-state index in [0.29, 0.717) is 22.9 Å². The smallest absolute Gasteiger partial charge is 0.258 e.